The van der Waals surface area contributed by atoms with Crippen LogP contribution in [0.25, 0.3) is 20.7 Å². The number of thiophene rings is 1. The number of rotatable bonds is 10. The molecule has 0 saturated heterocycles. The number of anilines is 1. The summed E-state index contributed by atoms with van der Waals surface area (Å²) in [5.41, 5.74) is 4.17. The van der Waals surface area contributed by atoms with E-state index in [4.69, 9.17) is 9.94 Å². The van der Waals surface area contributed by atoms with Crippen LogP contribution in [0.15, 0.2) is 48.9 Å². The molecule has 1 aliphatic rings. The first-order valence-electron chi connectivity index (χ1n) is 11.5. The summed E-state index contributed by atoms with van der Waals surface area (Å²) in [6.45, 7) is 1.75. The molecular weight excluding hydrogens is 485 g/mol. The zero-order chi connectivity index (χ0) is 25.1. The van der Waals surface area contributed by atoms with E-state index in [0.717, 1.165) is 33.5 Å². The van der Waals surface area contributed by atoms with Gasteiger partial charge in [-0.2, -0.15) is 10.6 Å². The maximum absolute atomic E-state index is 14.8. The number of hydrogen-bond acceptors (Lipinski definition) is 8. The first kappa shape index (κ1) is 24.1. The second-order valence-electron chi connectivity index (χ2n) is 8.64. The van der Waals surface area contributed by atoms with Crippen LogP contribution in [0.2, 0.25) is 0 Å². The van der Waals surface area contributed by atoms with Gasteiger partial charge in [0.1, 0.15) is 5.75 Å². The molecule has 5 rings (SSSR count). The van der Waals surface area contributed by atoms with E-state index in [0.29, 0.717) is 31.2 Å². The van der Waals surface area contributed by atoms with Crippen LogP contribution in [0, 0.1) is 5.82 Å². The van der Waals surface area contributed by atoms with Gasteiger partial charge in [0, 0.05) is 53.2 Å². The van der Waals surface area contributed by atoms with Crippen molar-refractivity contribution >= 4 is 33.3 Å². The predicted octanol–water partition coefficient (Wildman–Crippen LogP) is 4.24. The molecule has 4 aromatic rings. The molecule has 1 fully saturated rings. The quantitative estimate of drug-likeness (QED) is 0.186. The van der Waals surface area contributed by atoms with E-state index in [9.17, 15) is 9.18 Å². The highest BCUT2D eigenvalue weighted by molar-refractivity contribution is 7.22. The van der Waals surface area contributed by atoms with Gasteiger partial charge in [-0.3, -0.25) is 14.6 Å². The van der Waals surface area contributed by atoms with E-state index in [1.54, 1.807) is 24.5 Å². The number of amides is 2. The summed E-state index contributed by atoms with van der Waals surface area (Å²) in [6, 6.07) is 7.87. The molecule has 12 heteroatoms. The number of hydrogen-bond donors (Lipinski definition) is 4. The summed E-state index contributed by atoms with van der Waals surface area (Å²) in [5.74, 6) is -0.0311. The van der Waals surface area contributed by atoms with Crippen LogP contribution in [-0.2, 0) is 6.54 Å². The third kappa shape index (κ3) is 5.79. The van der Waals surface area contributed by atoms with Gasteiger partial charge < -0.3 is 20.6 Å². The highest BCUT2D eigenvalue weighted by atomic mass is 32.1. The fraction of sp³-hybridized carbons (Fsp3) is 0.292. The van der Waals surface area contributed by atoms with Crippen molar-refractivity contribution in [2.45, 2.75) is 25.4 Å². The first-order valence-corrected chi connectivity index (χ1v) is 12.3. The number of nitrogens with zero attached hydrogens (tertiary/aromatic N) is 4. The Hall–Kier alpha value is -3.58. The number of ether oxygens (including phenoxy) is 1. The standard InChI is InChI=1S/C24H26FN7O3S/c1-31(14-28-34)8-9-32-13-15(12-27-32)22-11-19-23(36-22)21(6-7-26-19)35-20-5-4-17(10-18(20)25)30-24(33)29-16-2-3-16/h4-7,10-13,16,28,34H,2-3,8-9,14H2,1H3,(H2,29,30,33). The summed E-state index contributed by atoms with van der Waals surface area (Å²) >= 11 is 1.49. The van der Waals surface area contributed by atoms with Gasteiger partial charge in [0.15, 0.2) is 11.6 Å². The SMILES string of the molecule is CN(CCn1cc(-c2cc3nccc(Oc4ccc(NC(=O)NC5CC5)cc4F)c3s2)cn1)CNO. The van der Waals surface area contributed by atoms with Crippen molar-refractivity contribution < 1.29 is 19.1 Å². The minimum atomic E-state index is -0.580. The Morgan fingerprint density at radius 2 is 2.17 bits per heavy atom. The molecule has 3 heterocycles. The predicted molar refractivity (Wildman–Crippen MR) is 135 cm³/mol. The Bertz CT molecular complexity index is 1370. The van der Waals surface area contributed by atoms with Crippen molar-refractivity contribution in [2.75, 3.05) is 25.6 Å². The molecule has 1 aliphatic carbocycles. The van der Waals surface area contributed by atoms with Crippen LogP contribution in [0.5, 0.6) is 11.5 Å². The van der Waals surface area contributed by atoms with Gasteiger partial charge in [-0.15, -0.1) is 11.3 Å². The van der Waals surface area contributed by atoms with Crippen molar-refractivity contribution in [3.05, 3.63) is 54.7 Å². The number of nitrogens with one attached hydrogen (secondary N) is 3. The van der Waals surface area contributed by atoms with Gasteiger partial charge in [-0.1, -0.05) is 0 Å². The molecule has 0 spiro atoms. The van der Waals surface area contributed by atoms with Crippen molar-refractivity contribution in [3.63, 3.8) is 0 Å². The lowest BCUT2D eigenvalue weighted by atomic mass is 10.2. The van der Waals surface area contributed by atoms with E-state index in [1.165, 1.54) is 23.5 Å². The number of urea groups is 1. The smallest absolute Gasteiger partial charge is 0.319 e. The number of hydroxylamine groups is 1. The van der Waals surface area contributed by atoms with Crippen molar-refractivity contribution in [3.8, 4) is 21.9 Å². The molecule has 10 nitrogen and oxygen atoms in total. The number of pyridine rings is 1. The van der Waals surface area contributed by atoms with E-state index in [1.807, 2.05) is 28.9 Å². The van der Waals surface area contributed by atoms with Crippen molar-refractivity contribution in [1.29, 1.82) is 0 Å². The van der Waals surface area contributed by atoms with Crippen LogP contribution in [-0.4, -0.2) is 57.2 Å². The van der Waals surface area contributed by atoms with Crippen LogP contribution < -0.4 is 20.9 Å². The molecule has 0 unspecified atom stereocenters. The molecule has 1 aromatic carbocycles. The average Bonchev–Trinajstić information content (AvgIpc) is 3.35. The molecule has 188 valence electrons. The minimum Gasteiger partial charge on any atom is -0.453 e. The van der Waals surface area contributed by atoms with Crippen LogP contribution in [0.3, 0.4) is 0 Å². The molecule has 0 radical (unpaired) electrons. The largest absolute Gasteiger partial charge is 0.453 e. The fourth-order valence-corrected chi connectivity index (χ4v) is 4.62. The zero-order valence-electron chi connectivity index (χ0n) is 19.6. The maximum atomic E-state index is 14.8. The third-order valence-electron chi connectivity index (χ3n) is 5.67. The Balaban J connectivity index is 1.29. The number of carbonyl (C=O) groups excluding carboxylic acids is 1. The van der Waals surface area contributed by atoms with Crippen LogP contribution in [0.4, 0.5) is 14.9 Å². The lowest BCUT2D eigenvalue weighted by molar-refractivity contribution is 0.108. The Labute approximate surface area is 210 Å². The van der Waals surface area contributed by atoms with Gasteiger partial charge in [0.05, 0.1) is 29.6 Å². The lowest BCUT2D eigenvalue weighted by Crippen LogP contribution is -2.31. The summed E-state index contributed by atoms with van der Waals surface area (Å²) in [7, 11) is 1.89. The molecule has 2 amide bonds. The molecule has 0 atom stereocenters. The maximum Gasteiger partial charge on any atom is 0.319 e. The molecule has 0 bridgehead atoms. The van der Waals surface area contributed by atoms with Gasteiger partial charge in [-0.05, 0) is 38.1 Å². The lowest BCUT2D eigenvalue weighted by Gasteiger charge is -2.14. The monoisotopic (exact) mass is 511 g/mol. The second kappa shape index (κ2) is 10.6. The van der Waals surface area contributed by atoms with E-state index < -0.39 is 5.82 Å². The number of carbonyl (C=O) groups is 1. The number of likely N-dealkylation sites (N-methyl/N-ethyl adjacent to an activating group) is 1. The number of aromatic nitrogens is 3. The Morgan fingerprint density at radius 1 is 1.31 bits per heavy atom. The molecule has 0 aliphatic heterocycles. The minimum absolute atomic E-state index is 0.0555. The molecular formula is C24H26FN7O3S. The van der Waals surface area contributed by atoms with Gasteiger partial charge in [0.25, 0.3) is 0 Å². The zero-order valence-corrected chi connectivity index (χ0v) is 20.4. The number of fused-ring (bicyclic) bond motifs is 1. The number of halogens is 1. The van der Waals surface area contributed by atoms with Gasteiger partial charge >= 0.3 is 6.03 Å². The Kier molecular flexibility index (Phi) is 7.09. The van der Waals surface area contributed by atoms with Crippen LogP contribution in [0.1, 0.15) is 12.8 Å². The topological polar surface area (TPSA) is 117 Å². The first-order chi connectivity index (χ1) is 17.5. The molecule has 36 heavy (non-hydrogen) atoms. The summed E-state index contributed by atoms with van der Waals surface area (Å²) in [6.07, 6.45) is 7.32. The van der Waals surface area contributed by atoms with E-state index >= 15 is 0 Å². The third-order valence-corrected chi connectivity index (χ3v) is 6.86. The summed E-state index contributed by atoms with van der Waals surface area (Å²) in [5, 5.41) is 18.7. The van der Waals surface area contributed by atoms with Gasteiger partial charge in [0.2, 0.25) is 0 Å². The number of benzene rings is 1. The van der Waals surface area contributed by atoms with Gasteiger partial charge in [-0.25, -0.2) is 9.18 Å². The van der Waals surface area contributed by atoms with E-state index in [-0.39, 0.29) is 17.8 Å². The molecule has 4 N–H and O–H groups in total. The van der Waals surface area contributed by atoms with Crippen molar-refractivity contribution in [2.24, 2.45) is 0 Å². The molecule has 3 aromatic heterocycles. The summed E-state index contributed by atoms with van der Waals surface area (Å²) in [4.78, 5) is 19.2. The summed E-state index contributed by atoms with van der Waals surface area (Å²) < 4.78 is 23.3. The van der Waals surface area contributed by atoms with Crippen LogP contribution >= 0.6 is 11.3 Å². The Morgan fingerprint density at radius 3 is 2.94 bits per heavy atom. The average molecular weight is 512 g/mol. The normalized spacial score (nSPS) is 13.3. The van der Waals surface area contributed by atoms with E-state index in [2.05, 4.69) is 26.2 Å². The second-order valence-corrected chi connectivity index (χ2v) is 9.69. The fourth-order valence-electron chi connectivity index (χ4n) is 3.58. The highest BCUT2D eigenvalue weighted by Gasteiger charge is 2.23. The van der Waals surface area contributed by atoms with Crippen molar-refractivity contribution in [1.82, 2.24) is 30.5 Å². The highest BCUT2D eigenvalue weighted by Crippen LogP contribution is 2.39. The molecule has 1 saturated carbocycles.